The lowest BCUT2D eigenvalue weighted by molar-refractivity contribution is 0.0202. The van der Waals surface area contributed by atoms with E-state index < -0.39 is 0 Å². The van der Waals surface area contributed by atoms with Gasteiger partial charge >= 0.3 is 0 Å². The molecule has 0 fully saturated rings. The van der Waals surface area contributed by atoms with Crippen LogP contribution in [0.15, 0.2) is 18.2 Å². The summed E-state index contributed by atoms with van der Waals surface area (Å²) >= 11 is 0. The number of hydrogen-bond donors (Lipinski definition) is 1. The van der Waals surface area contributed by atoms with E-state index in [1.165, 1.54) is 0 Å². The highest BCUT2D eigenvalue weighted by atomic mass is 16.7. The number of hydrogen-bond acceptors (Lipinski definition) is 4. The molecule has 4 heteroatoms. The number of rotatable bonds is 8. The Labute approximate surface area is 109 Å². The molecule has 4 nitrogen and oxygen atoms in total. The second kappa shape index (κ2) is 7.95. The van der Waals surface area contributed by atoms with Crippen molar-refractivity contribution in [2.24, 2.45) is 0 Å². The number of para-hydroxylation sites is 1. The summed E-state index contributed by atoms with van der Waals surface area (Å²) in [6.45, 7) is 7.78. The van der Waals surface area contributed by atoms with Gasteiger partial charge in [-0.1, -0.05) is 26.0 Å². The molecule has 0 unspecified atom stereocenters. The Morgan fingerprint density at radius 2 is 2.06 bits per heavy atom. The topological polar surface area (TPSA) is 39.7 Å². The second-order valence-electron chi connectivity index (χ2n) is 4.24. The lowest BCUT2D eigenvalue weighted by atomic mass is 10.1. The molecule has 1 N–H and O–H groups in total. The van der Waals surface area contributed by atoms with Crippen molar-refractivity contribution in [3.63, 3.8) is 0 Å². The number of methoxy groups -OCH3 is 1. The van der Waals surface area contributed by atoms with Gasteiger partial charge in [0.05, 0.1) is 7.11 Å². The smallest absolute Gasteiger partial charge is 0.189 e. The van der Waals surface area contributed by atoms with Crippen LogP contribution in [0.1, 0.15) is 26.3 Å². The van der Waals surface area contributed by atoms with Crippen molar-refractivity contribution in [3.8, 4) is 11.5 Å². The fourth-order valence-corrected chi connectivity index (χ4v) is 1.52. The van der Waals surface area contributed by atoms with Crippen molar-refractivity contribution in [1.29, 1.82) is 0 Å². The maximum atomic E-state index is 5.64. The first kappa shape index (κ1) is 14.8. The van der Waals surface area contributed by atoms with Gasteiger partial charge in [0.15, 0.2) is 18.3 Å². The minimum Gasteiger partial charge on any atom is -0.493 e. The molecule has 0 radical (unpaired) electrons. The molecule has 0 aliphatic heterocycles. The summed E-state index contributed by atoms with van der Waals surface area (Å²) in [5.74, 6) is 1.49. The highest BCUT2D eigenvalue weighted by molar-refractivity contribution is 5.46. The normalized spacial score (nSPS) is 10.7. The Hall–Kier alpha value is -1.26. The third kappa shape index (κ3) is 4.55. The third-order valence-corrected chi connectivity index (χ3v) is 2.47. The summed E-state index contributed by atoms with van der Waals surface area (Å²) in [5.41, 5.74) is 1.07. The minimum atomic E-state index is 0.242. The summed E-state index contributed by atoms with van der Waals surface area (Å²) in [6.07, 6.45) is 0. The van der Waals surface area contributed by atoms with E-state index in [1.807, 2.05) is 25.1 Å². The van der Waals surface area contributed by atoms with Gasteiger partial charge in [0.2, 0.25) is 0 Å². The summed E-state index contributed by atoms with van der Waals surface area (Å²) < 4.78 is 16.2. The second-order valence-corrected chi connectivity index (χ2v) is 4.24. The first-order chi connectivity index (χ1) is 8.69. The molecule has 1 rings (SSSR count). The third-order valence-electron chi connectivity index (χ3n) is 2.47. The van der Waals surface area contributed by atoms with Crippen LogP contribution in [0, 0.1) is 0 Å². The molecule has 0 bridgehead atoms. The van der Waals surface area contributed by atoms with E-state index in [9.17, 15) is 0 Å². The Bertz CT molecular complexity index is 353. The largest absolute Gasteiger partial charge is 0.493 e. The number of nitrogens with one attached hydrogen (secondary N) is 1. The Morgan fingerprint density at radius 3 is 2.67 bits per heavy atom. The zero-order valence-corrected chi connectivity index (χ0v) is 11.7. The van der Waals surface area contributed by atoms with E-state index in [-0.39, 0.29) is 6.79 Å². The van der Waals surface area contributed by atoms with Crippen LogP contribution in [0.4, 0.5) is 0 Å². The van der Waals surface area contributed by atoms with E-state index in [0.717, 1.165) is 23.6 Å². The Kier molecular flexibility index (Phi) is 6.54. The highest BCUT2D eigenvalue weighted by Crippen LogP contribution is 2.31. The van der Waals surface area contributed by atoms with Gasteiger partial charge in [0.1, 0.15) is 0 Å². The molecule has 18 heavy (non-hydrogen) atoms. The minimum absolute atomic E-state index is 0.242. The van der Waals surface area contributed by atoms with Crippen LogP contribution in [-0.4, -0.2) is 26.6 Å². The van der Waals surface area contributed by atoms with Crippen LogP contribution >= 0.6 is 0 Å². The van der Waals surface area contributed by atoms with E-state index in [2.05, 4.69) is 19.2 Å². The molecule has 1 aromatic carbocycles. The maximum absolute atomic E-state index is 5.64. The van der Waals surface area contributed by atoms with E-state index in [0.29, 0.717) is 12.6 Å². The zero-order chi connectivity index (χ0) is 13.4. The molecule has 0 spiro atoms. The molecule has 0 heterocycles. The Balaban J connectivity index is 2.79. The SMILES string of the molecule is CCOCOc1c(CNC(C)C)cccc1OC. The van der Waals surface area contributed by atoms with Gasteiger partial charge in [-0.3, -0.25) is 0 Å². The van der Waals surface area contributed by atoms with Gasteiger partial charge in [0.25, 0.3) is 0 Å². The standard InChI is InChI=1S/C14H23NO3/c1-5-17-10-18-14-12(9-15-11(2)3)7-6-8-13(14)16-4/h6-8,11,15H,5,9-10H2,1-4H3. The molecule has 0 saturated carbocycles. The van der Waals surface area contributed by atoms with Crippen molar-refractivity contribution < 1.29 is 14.2 Å². The van der Waals surface area contributed by atoms with Gasteiger partial charge in [0, 0.05) is 24.8 Å². The van der Waals surface area contributed by atoms with Crippen LogP contribution in [-0.2, 0) is 11.3 Å². The van der Waals surface area contributed by atoms with Crippen molar-refractivity contribution in [2.45, 2.75) is 33.4 Å². The first-order valence-corrected chi connectivity index (χ1v) is 6.28. The average molecular weight is 253 g/mol. The predicted octanol–water partition coefficient (Wildman–Crippen LogP) is 2.57. The molecule has 0 amide bonds. The molecule has 0 aliphatic carbocycles. The fourth-order valence-electron chi connectivity index (χ4n) is 1.52. The average Bonchev–Trinajstić information content (AvgIpc) is 2.37. The van der Waals surface area contributed by atoms with Gasteiger partial charge < -0.3 is 19.5 Å². The highest BCUT2D eigenvalue weighted by Gasteiger charge is 2.10. The molecule has 102 valence electrons. The lowest BCUT2D eigenvalue weighted by Gasteiger charge is -2.16. The van der Waals surface area contributed by atoms with Gasteiger partial charge in [-0.15, -0.1) is 0 Å². The van der Waals surface area contributed by atoms with Crippen molar-refractivity contribution >= 4 is 0 Å². The van der Waals surface area contributed by atoms with Crippen LogP contribution in [0.2, 0.25) is 0 Å². The van der Waals surface area contributed by atoms with Crippen LogP contribution < -0.4 is 14.8 Å². The number of ether oxygens (including phenoxy) is 3. The van der Waals surface area contributed by atoms with Crippen LogP contribution in [0.25, 0.3) is 0 Å². The first-order valence-electron chi connectivity index (χ1n) is 6.28. The van der Waals surface area contributed by atoms with Gasteiger partial charge in [-0.25, -0.2) is 0 Å². The Morgan fingerprint density at radius 1 is 1.28 bits per heavy atom. The van der Waals surface area contributed by atoms with Gasteiger partial charge in [-0.2, -0.15) is 0 Å². The number of benzene rings is 1. The molecule has 0 aromatic heterocycles. The summed E-state index contributed by atoms with van der Waals surface area (Å²) in [6, 6.07) is 6.30. The summed E-state index contributed by atoms with van der Waals surface area (Å²) in [7, 11) is 1.64. The molecule has 0 aliphatic rings. The molecular formula is C14H23NO3. The summed E-state index contributed by atoms with van der Waals surface area (Å²) in [4.78, 5) is 0. The van der Waals surface area contributed by atoms with Gasteiger partial charge in [-0.05, 0) is 13.0 Å². The molecule has 0 saturated heterocycles. The van der Waals surface area contributed by atoms with Crippen molar-refractivity contribution in [1.82, 2.24) is 5.32 Å². The van der Waals surface area contributed by atoms with Crippen LogP contribution in [0.3, 0.4) is 0 Å². The molecular weight excluding hydrogens is 230 g/mol. The molecule has 1 aromatic rings. The lowest BCUT2D eigenvalue weighted by Crippen LogP contribution is -2.22. The predicted molar refractivity (Wildman–Crippen MR) is 72.1 cm³/mol. The van der Waals surface area contributed by atoms with E-state index >= 15 is 0 Å². The zero-order valence-electron chi connectivity index (χ0n) is 11.7. The summed E-state index contributed by atoms with van der Waals surface area (Å²) in [5, 5.41) is 3.37. The quantitative estimate of drug-likeness (QED) is 0.571. The van der Waals surface area contributed by atoms with Crippen molar-refractivity contribution in [2.75, 3.05) is 20.5 Å². The molecule has 0 atom stereocenters. The van der Waals surface area contributed by atoms with E-state index in [1.54, 1.807) is 7.11 Å². The van der Waals surface area contributed by atoms with Crippen LogP contribution in [0.5, 0.6) is 11.5 Å². The van der Waals surface area contributed by atoms with Crippen molar-refractivity contribution in [3.05, 3.63) is 23.8 Å². The monoisotopic (exact) mass is 253 g/mol. The van der Waals surface area contributed by atoms with E-state index in [4.69, 9.17) is 14.2 Å². The fraction of sp³-hybridized carbons (Fsp3) is 0.571. The maximum Gasteiger partial charge on any atom is 0.189 e.